The Kier molecular flexibility index (Phi) is 4.34. The zero-order valence-electron chi connectivity index (χ0n) is 13.5. The number of nitrogens with zero attached hydrogens (tertiary/aromatic N) is 1. The van der Waals surface area contributed by atoms with Gasteiger partial charge in [0.2, 0.25) is 0 Å². The molecule has 1 saturated heterocycles. The van der Waals surface area contributed by atoms with Crippen molar-refractivity contribution in [2.24, 2.45) is 0 Å². The van der Waals surface area contributed by atoms with Gasteiger partial charge < -0.3 is 19.4 Å². The van der Waals surface area contributed by atoms with Gasteiger partial charge in [0.1, 0.15) is 5.58 Å². The smallest absolute Gasteiger partial charge is 0.291 e. The molecule has 1 N–H and O–H groups in total. The number of furan rings is 1. The van der Waals surface area contributed by atoms with Gasteiger partial charge >= 0.3 is 0 Å². The molecule has 0 unspecified atom stereocenters. The fourth-order valence-electron chi connectivity index (χ4n) is 3.00. The summed E-state index contributed by atoms with van der Waals surface area (Å²) in [6, 6.07) is 14.8. The van der Waals surface area contributed by atoms with Crippen molar-refractivity contribution < 1.29 is 13.9 Å². The number of halogens is 1. The van der Waals surface area contributed by atoms with Gasteiger partial charge in [-0.1, -0.05) is 35.9 Å². The third-order valence-corrected chi connectivity index (χ3v) is 4.52. The molecule has 5 nitrogen and oxygen atoms in total. The zero-order chi connectivity index (χ0) is 17.2. The van der Waals surface area contributed by atoms with Gasteiger partial charge in [-0.05, 0) is 24.3 Å². The SMILES string of the molecule is O=C(Nc1cccc(Cl)c1N1CCOCC1)c1cc2ccccc2o1. The maximum absolute atomic E-state index is 12.6. The fraction of sp³-hybridized carbons (Fsp3) is 0.211. The molecule has 0 bridgehead atoms. The van der Waals surface area contributed by atoms with Crippen LogP contribution in [-0.2, 0) is 4.74 Å². The van der Waals surface area contributed by atoms with Crippen LogP contribution in [0.1, 0.15) is 10.6 Å². The van der Waals surface area contributed by atoms with Gasteiger partial charge in [-0.25, -0.2) is 0 Å². The molecular weight excluding hydrogens is 340 g/mol. The molecule has 128 valence electrons. The Morgan fingerprint density at radius 2 is 1.88 bits per heavy atom. The molecule has 1 aliphatic rings. The molecule has 1 aromatic heterocycles. The number of carbonyl (C=O) groups excluding carboxylic acids is 1. The van der Waals surface area contributed by atoms with Gasteiger partial charge in [0.15, 0.2) is 5.76 Å². The second-order valence-electron chi connectivity index (χ2n) is 5.84. The number of fused-ring (bicyclic) bond motifs is 1. The van der Waals surface area contributed by atoms with Crippen LogP contribution >= 0.6 is 11.6 Å². The average Bonchev–Trinajstić information content (AvgIpc) is 3.07. The highest BCUT2D eigenvalue weighted by molar-refractivity contribution is 6.34. The minimum Gasteiger partial charge on any atom is -0.451 e. The number of morpholine rings is 1. The van der Waals surface area contributed by atoms with E-state index >= 15 is 0 Å². The van der Waals surface area contributed by atoms with Crippen LogP contribution in [-0.4, -0.2) is 32.2 Å². The maximum atomic E-state index is 12.6. The zero-order valence-corrected chi connectivity index (χ0v) is 14.3. The topological polar surface area (TPSA) is 54.7 Å². The number of rotatable bonds is 3. The lowest BCUT2D eigenvalue weighted by atomic mass is 10.2. The van der Waals surface area contributed by atoms with Crippen molar-refractivity contribution in [3.8, 4) is 0 Å². The van der Waals surface area contributed by atoms with Gasteiger partial charge in [-0.3, -0.25) is 4.79 Å². The molecule has 0 radical (unpaired) electrons. The van der Waals surface area contributed by atoms with E-state index in [4.69, 9.17) is 20.8 Å². The molecule has 1 amide bonds. The standard InChI is InChI=1S/C19H17ClN2O3/c20-14-5-3-6-15(18(14)22-8-10-24-11-9-22)21-19(23)17-12-13-4-1-2-7-16(13)25-17/h1-7,12H,8-11H2,(H,21,23). The molecular formula is C19H17ClN2O3. The van der Waals surface area contributed by atoms with E-state index in [1.54, 1.807) is 6.07 Å². The molecule has 0 saturated carbocycles. The highest BCUT2D eigenvalue weighted by Crippen LogP contribution is 2.35. The molecule has 1 fully saturated rings. The fourth-order valence-corrected chi connectivity index (χ4v) is 3.30. The van der Waals surface area contributed by atoms with E-state index in [9.17, 15) is 4.79 Å². The van der Waals surface area contributed by atoms with Crippen LogP contribution in [0.5, 0.6) is 0 Å². The van der Waals surface area contributed by atoms with E-state index in [-0.39, 0.29) is 11.7 Å². The van der Waals surface area contributed by atoms with Crippen molar-refractivity contribution in [2.45, 2.75) is 0 Å². The number of benzene rings is 2. The summed E-state index contributed by atoms with van der Waals surface area (Å²) in [4.78, 5) is 14.8. The van der Waals surface area contributed by atoms with E-state index < -0.39 is 0 Å². The minimum absolute atomic E-state index is 0.272. The van der Waals surface area contributed by atoms with Crippen LogP contribution in [0.2, 0.25) is 5.02 Å². The van der Waals surface area contributed by atoms with Crippen LogP contribution in [0.25, 0.3) is 11.0 Å². The van der Waals surface area contributed by atoms with Crippen LogP contribution in [0.15, 0.2) is 52.9 Å². The monoisotopic (exact) mass is 356 g/mol. The van der Waals surface area contributed by atoms with Gasteiger partial charge in [0.05, 0.1) is 29.6 Å². The predicted molar refractivity (Wildman–Crippen MR) is 98.7 cm³/mol. The van der Waals surface area contributed by atoms with E-state index in [0.717, 1.165) is 24.2 Å². The molecule has 2 aromatic carbocycles. The average molecular weight is 357 g/mol. The first-order valence-electron chi connectivity index (χ1n) is 8.13. The third-order valence-electron chi connectivity index (χ3n) is 4.21. The Hall–Kier alpha value is -2.50. The van der Waals surface area contributed by atoms with Crippen molar-refractivity contribution >= 4 is 39.9 Å². The summed E-state index contributed by atoms with van der Waals surface area (Å²) in [5, 5.41) is 4.42. The second-order valence-corrected chi connectivity index (χ2v) is 6.25. The van der Waals surface area contributed by atoms with Crippen LogP contribution < -0.4 is 10.2 Å². The largest absolute Gasteiger partial charge is 0.451 e. The van der Waals surface area contributed by atoms with Crippen molar-refractivity contribution in [3.63, 3.8) is 0 Å². The number of carbonyl (C=O) groups is 1. The summed E-state index contributed by atoms with van der Waals surface area (Å²) >= 11 is 6.40. The Morgan fingerprint density at radius 3 is 2.68 bits per heavy atom. The number of amides is 1. The van der Waals surface area contributed by atoms with Crippen molar-refractivity contribution in [1.29, 1.82) is 0 Å². The first-order chi connectivity index (χ1) is 12.2. The summed E-state index contributed by atoms with van der Waals surface area (Å²) in [6.07, 6.45) is 0. The minimum atomic E-state index is -0.298. The number of hydrogen-bond donors (Lipinski definition) is 1. The van der Waals surface area contributed by atoms with Crippen molar-refractivity contribution in [1.82, 2.24) is 0 Å². The van der Waals surface area contributed by atoms with Crippen molar-refractivity contribution in [3.05, 3.63) is 59.3 Å². The van der Waals surface area contributed by atoms with Crippen LogP contribution in [0.3, 0.4) is 0 Å². The molecule has 2 heterocycles. The second kappa shape index (κ2) is 6.78. The maximum Gasteiger partial charge on any atom is 0.291 e. The lowest BCUT2D eigenvalue weighted by Gasteiger charge is -2.31. The van der Waals surface area contributed by atoms with E-state index in [0.29, 0.717) is 29.5 Å². The van der Waals surface area contributed by atoms with Crippen molar-refractivity contribution in [2.75, 3.05) is 36.5 Å². The highest BCUT2D eigenvalue weighted by atomic mass is 35.5. The summed E-state index contributed by atoms with van der Waals surface area (Å²) in [7, 11) is 0. The summed E-state index contributed by atoms with van der Waals surface area (Å²) in [5.74, 6) is -0.0259. The Labute approximate surface area is 150 Å². The number of ether oxygens (including phenoxy) is 1. The Balaban J connectivity index is 1.63. The molecule has 25 heavy (non-hydrogen) atoms. The summed E-state index contributed by atoms with van der Waals surface area (Å²) in [6.45, 7) is 2.75. The van der Waals surface area contributed by atoms with E-state index in [2.05, 4.69) is 10.2 Å². The molecule has 1 aliphatic heterocycles. The summed E-state index contributed by atoms with van der Waals surface area (Å²) in [5.41, 5.74) is 2.17. The lowest BCUT2D eigenvalue weighted by molar-refractivity contribution is 0.0998. The highest BCUT2D eigenvalue weighted by Gasteiger charge is 2.20. The molecule has 0 atom stereocenters. The summed E-state index contributed by atoms with van der Waals surface area (Å²) < 4.78 is 11.0. The molecule has 0 spiro atoms. The number of nitrogens with one attached hydrogen (secondary N) is 1. The normalized spacial score (nSPS) is 14.7. The van der Waals surface area contributed by atoms with Gasteiger partial charge in [-0.2, -0.15) is 0 Å². The number of anilines is 2. The van der Waals surface area contributed by atoms with E-state index in [1.807, 2.05) is 42.5 Å². The predicted octanol–water partition coefficient (Wildman–Crippen LogP) is 4.18. The number of hydrogen-bond acceptors (Lipinski definition) is 4. The Morgan fingerprint density at radius 1 is 1.08 bits per heavy atom. The molecule has 4 rings (SSSR count). The van der Waals surface area contributed by atoms with Gasteiger partial charge in [0.25, 0.3) is 5.91 Å². The van der Waals surface area contributed by atoms with Crippen LogP contribution in [0.4, 0.5) is 11.4 Å². The first kappa shape index (κ1) is 16.0. The lowest BCUT2D eigenvalue weighted by Crippen LogP contribution is -2.37. The van der Waals surface area contributed by atoms with Gasteiger partial charge in [0, 0.05) is 18.5 Å². The van der Waals surface area contributed by atoms with E-state index in [1.165, 1.54) is 0 Å². The van der Waals surface area contributed by atoms with Crippen LogP contribution in [0, 0.1) is 0 Å². The molecule has 3 aromatic rings. The van der Waals surface area contributed by atoms with Gasteiger partial charge in [-0.15, -0.1) is 0 Å². The molecule has 6 heteroatoms. The third kappa shape index (κ3) is 3.21. The first-order valence-corrected chi connectivity index (χ1v) is 8.51. The number of para-hydroxylation sites is 2. The Bertz CT molecular complexity index is 883. The quantitative estimate of drug-likeness (QED) is 0.765. The molecule has 0 aliphatic carbocycles.